The number of hydrogen-bond acceptors (Lipinski definition) is 4. The van der Waals surface area contributed by atoms with E-state index in [1.165, 1.54) is 17.0 Å². The Morgan fingerprint density at radius 1 is 1.30 bits per heavy atom. The summed E-state index contributed by atoms with van der Waals surface area (Å²) in [7, 11) is 0. The number of urea groups is 1. The van der Waals surface area contributed by atoms with Crippen molar-refractivity contribution in [3.8, 4) is 0 Å². The summed E-state index contributed by atoms with van der Waals surface area (Å²) >= 11 is 0. The molecule has 0 unspecified atom stereocenters. The van der Waals surface area contributed by atoms with Crippen molar-refractivity contribution >= 4 is 28.9 Å². The third-order valence-corrected chi connectivity index (χ3v) is 6.80. The first-order chi connectivity index (χ1) is 15.7. The predicted molar refractivity (Wildman–Crippen MR) is 122 cm³/mol. The molecule has 0 bridgehead atoms. The van der Waals surface area contributed by atoms with Gasteiger partial charge in [0.05, 0.1) is 17.6 Å². The lowest BCUT2D eigenvalue weighted by atomic mass is 9.75. The van der Waals surface area contributed by atoms with Crippen LogP contribution < -0.4 is 5.32 Å². The van der Waals surface area contributed by atoms with E-state index < -0.39 is 5.54 Å². The van der Waals surface area contributed by atoms with Crippen LogP contribution in [0.15, 0.2) is 30.4 Å². The number of aromatic amines is 1. The van der Waals surface area contributed by atoms with Crippen LogP contribution in [0.2, 0.25) is 0 Å². The molecular weight excluding hydrogens is 425 g/mol. The van der Waals surface area contributed by atoms with Gasteiger partial charge in [-0.1, -0.05) is 19.1 Å². The number of imidazole rings is 1. The number of imide groups is 1. The van der Waals surface area contributed by atoms with E-state index in [9.17, 15) is 18.8 Å². The number of rotatable bonds is 7. The second-order valence-electron chi connectivity index (χ2n) is 9.10. The number of H-pyrrole nitrogens is 1. The Hall–Kier alpha value is -3.23. The van der Waals surface area contributed by atoms with E-state index in [1.807, 2.05) is 11.8 Å². The molecule has 4 amide bonds. The van der Waals surface area contributed by atoms with E-state index in [4.69, 9.17) is 0 Å². The second-order valence-corrected chi connectivity index (χ2v) is 9.10. The highest BCUT2D eigenvalue weighted by Gasteiger charge is 2.54. The van der Waals surface area contributed by atoms with E-state index in [1.54, 1.807) is 13.0 Å². The van der Waals surface area contributed by atoms with Crippen LogP contribution in [0.1, 0.15) is 45.4 Å². The van der Waals surface area contributed by atoms with Gasteiger partial charge in [0.15, 0.2) is 0 Å². The van der Waals surface area contributed by atoms with Crippen molar-refractivity contribution in [2.24, 2.45) is 5.92 Å². The lowest BCUT2D eigenvalue weighted by molar-refractivity contribution is -0.136. The number of piperidine rings is 1. The van der Waals surface area contributed by atoms with Crippen molar-refractivity contribution in [1.82, 2.24) is 25.1 Å². The molecule has 1 aromatic carbocycles. The number of amides is 4. The van der Waals surface area contributed by atoms with Crippen molar-refractivity contribution < 1.29 is 18.8 Å². The number of carbonyl (C=O) groups excluding carboxylic acids is 3. The zero-order valence-electron chi connectivity index (χ0n) is 19.1. The normalized spacial score (nSPS) is 21.7. The van der Waals surface area contributed by atoms with Crippen LogP contribution in [-0.2, 0) is 16.0 Å². The SMILES string of the molecule is C=C(C)CN1C(=O)N[C@@](CC)(C2CCN(C(=O)CCc3nc4ccc(F)cc4[nH]3)CC2)C1=O. The summed E-state index contributed by atoms with van der Waals surface area (Å²) in [6.07, 6.45) is 2.55. The molecule has 9 heteroatoms. The van der Waals surface area contributed by atoms with Gasteiger partial charge in [0, 0.05) is 25.9 Å². The number of carbonyl (C=O) groups is 3. The predicted octanol–water partition coefficient (Wildman–Crippen LogP) is 3.15. The largest absolute Gasteiger partial charge is 0.343 e. The number of fused-ring (bicyclic) bond motifs is 1. The van der Waals surface area contributed by atoms with Gasteiger partial charge in [-0.25, -0.2) is 14.2 Å². The number of aromatic nitrogens is 2. The highest BCUT2D eigenvalue weighted by Crippen LogP contribution is 2.36. The molecule has 0 saturated carbocycles. The standard InChI is InChI=1S/C24H30FN5O3/c1-4-24(22(32)30(14-15(2)3)23(33)28-24)16-9-11-29(12-10-16)21(31)8-7-20-26-18-6-5-17(25)13-19(18)27-20/h5-6,13,16H,2,4,7-12,14H2,1,3H3,(H,26,27)(H,28,33)/t24-/m0/s1. The van der Waals surface area contributed by atoms with Crippen LogP contribution in [0.4, 0.5) is 9.18 Å². The molecule has 176 valence electrons. The molecule has 33 heavy (non-hydrogen) atoms. The number of hydrogen-bond donors (Lipinski definition) is 2. The Morgan fingerprint density at radius 2 is 2.03 bits per heavy atom. The summed E-state index contributed by atoms with van der Waals surface area (Å²) < 4.78 is 13.4. The third-order valence-electron chi connectivity index (χ3n) is 6.80. The van der Waals surface area contributed by atoms with Crippen LogP contribution in [0.25, 0.3) is 11.0 Å². The number of nitrogens with one attached hydrogen (secondary N) is 2. The lowest BCUT2D eigenvalue weighted by Gasteiger charge is -2.40. The number of likely N-dealkylation sites (tertiary alicyclic amines) is 1. The molecule has 1 atom stereocenters. The maximum Gasteiger partial charge on any atom is 0.325 e. The number of halogens is 1. The lowest BCUT2D eigenvalue weighted by Crippen LogP contribution is -2.56. The Kier molecular flexibility index (Phi) is 6.23. The maximum atomic E-state index is 13.4. The van der Waals surface area contributed by atoms with Crippen molar-refractivity contribution in [3.05, 3.63) is 42.0 Å². The zero-order chi connectivity index (χ0) is 23.8. The Balaban J connectivity index is 1.34. The molecule has 2 saturated heterocycles. The maximum absolute atomic E-state index is 13.4. The zero-order valence-corrected chi connectivity index (χ0v) is 19.1. The summed E-state index contributed by atoms with van der Waals surface area (Å²) in [6.45, 7) is 8.83. The molecule has 0 spiro atoms. The van der Waals surface area contributed by atoms with Crippen LogP contribution in [0.3, 0.4) is 0 Å². The molecule has 0 radical (unpaired) electrons. The van der Waals surface area contributed by atoms with Crippen molar-refractivity contribution in [2.45, 2.75) is 51.5 Å². The minimum absolute atomic E-state index is 0.0244. The number of nitrogens with zero attached hydrogens (tertiary/aromatic N) is 3. The quantitative estimate of drug-likeness (QED) is 0.495. The topological polar surface area (TPSA) is 98.4 Å². The molecule has 2 fully saturated rings. The Labute approximate surface area is 192 Å². The Morgan fingerprint density at radius 3 is 2.70 bits per heavy atom. The second kappa shape index (κ2) is 8.96. The molecule has 8 nitrogen and oxygen atoms in total. The minimum atomic E-state index is -0.911. The van der Waals surface area contributed by atoms with Gasteiger partial charge in [-0.2, -0.15) is 0 Å². The van der Waals surface area contributed by atoms with E-state index in [0.29, 0.717) is 62.1 Å². The summed E-state index contributed by atoms with van der Waals surface area (Å²) in [5, 5.41) is 2.95. The number of benzene rings is 1. The van der Waals surface area contributed by atoms with Crippen LogP contribution in [0, 0.1) is 11.7 Å². The van der Waals surface area contributed by atoms with Crippen molar-refractivity contribution in [2.75, 3.05) is 19.6 Å². The van der Waals surface area contributed by atoms with Crippen LogP contribution >= 0.6 is 0 Å². The average Bonchev–Trinajstić information content (AvgIpc) is 3.30. The molecule has 4 rings (SSSR count). The van der Waals surface area contributed by atoms with Crippen LogP contribution in [-0.4, -0.2) is 62.8 Å². The minimum Gasteiger partial charge on any atom is -0.343 e. The molecule has 2 aliphatic rings. The van der Waals surface area contributed by atoms with Gasteiger partial charge in [0.1, 0.15) is 17.2 Å². The fourth-order valence-electron chi connectivity index (χ4n) is 5.02. The molecule has 2 aliphatic heterocycles. The first kappa shape index (κ1) is 22.9. The van der Waals surface area contributed by atoms with Crippen molar-refractivity contribution in [1.29, 1.82) is 0 Å². The summed E-state index contributed by atoms with van der Waals surface area (Å²) in [5.74, 6) is 0.130. The third kappa shape index (κ3) is 4.36. The summed E-state index contributed by atoms with van der Waals surface area (Å²) in [6, 6.07) is 4.00. The van der Waals surface area contributed by atoms with Gasteiger partial charge in [0.2, 0.25) is 5.91 Å². The van der Waals surface area contributed by atoms with E-state index in [0.717, 1.165) is 5.57 Å². The smallest absolute Gasteiger partial charge is 0.325 e. The van der Waals surface area contributed by atoms with Crippen LogP contribution in [0.5, 0.6) is 0 Å². The fourth-order valence-corrected chi connectivity index (χ4v) is 5.02. The average molecular weight is 456 g/mol. The van der Waals surface area contributed by atoms with E-state index >= 15 is 0 Å². The van der Waals surface area contributed by atoms with E-state index in [2.05, 4.69) is 21.9 Å². The van der Waals surface area contributed by atoms with Crippen molar-refractivity contribution in [3.63, 3.8) is 0 Å². The molecule has 2 aromatic rings. The first-order valence-corrected chi connectivity index (χ1v) is 11.4. The summed E-state index contributed by atoms with van der Waals surface area (Å²) in [4.78, 5) is 49.0. The molecular formula is C24H30FN5O3. The summed E-state index contributed by atoms with van der Waals surface area (Å²) in [5.41, 5.74) is 1.13. The Bertz CT molecular complexity index is 1100. The van der Waals surface area contributed by atoms with E-state index in [-0.39, 0.29) is 36.1 Å². The fraction of sp³-hybridized carbons (Fsp3) is 0.500. The molecule has 1 aromatic heterocycles. The first-order valence-electron chi connectivity index (χ1n) is 11.4. The van der Waals surface area contributed by atoms with Gasteiger partial charge >= 0.3 is 6.03 Å². The van der Waals surface area contributed by atoms with Gasteiger partial charge in [0.25, 0.3) is 5.91 Å². The highest BCUT2D eigenvalue weighted by molar-refractivity contribution is 6.07. The number of aryl methyl sites for hydroxylation is 1. The molecule has 3 heterocycles. The van der Waals surface area contributed by atoms with Gasteiger partial charge in [-0.3, -0.25) is 14.5 Å². The van der Waals surface area contributed by atoms with Gasteiger partial charge in [-0.15, -0.1) is 0 Å². The molecule has 2 N–H and O–H groups in total. The highest BCUT2D eigenvalue weighted by atomic mass is 19.1. The van der Waals surface area contributed by atoms with Gasteiger partial charge < -0.3 is 15.2 Å². The van der Waals surface area contributed by atoms with Gasteiger partial charge in [-0.05, 0) is 50.3 Å². The molecule has 0 aliphatic carbocycles. The monoisotopic (exact) mass is 455 g/mol.